The molecule has 2 bridgehead atoms. The molecule has 16 N–H and O–H groups in total. The molecule has 2 fully saturated rings. The molecule has 0 spiro atoms. The summed E-state index contributed by atoms with van der Waals surface area (Å²) < 4.78 is 24.5. The van der Waals surface area contributed by atoms with Crippen molar-refractivity contribution < 1.29 is 105 Å². The second-order valence-corrected chi connectivity index (χ2v) is 29.6. The van der Waals surface area contributed by atoms with E-state index in [1.807, 2.05) is 13.0 Å². The first-order valence-corrected chi connectivity index (χ1v) is 36.0. The van der Waals surface area contributed by atoms with Gasteiger partial charge in [-0.25, -0.2) is 0 Å². The third kappa shape index (κ3) is 30.0. The average Bonchev–Trinajstić information content (AvgIpc) is 0.772. The number of fused-ring (bicyclic) bond motifs is 2. The van der Waals surface area contributed by atoms with Crippen molar-refractivity contribution in [1.82, 2.24) is 4.90 Å². The number of carbonyl (C=O) groups excluding carboxylic acids is 1. The van der Waals surface area contributed by atoms with E-state index in [0.717, 1.165) is 19.3 Å². The molecule has 0 saturated carbocycles. The molecule has 0 aliphatic carbocycles. The lowest BCUT2D eigenvalue weighted by atomic mass is 9.80. The van der Waals surface area contributed by atoms with Gasteiger partial charge in [-0.2, -0.15) is 0 Å². The van der Waals surface area contributed by atoms with Crippen molar-refractivity contribution in [3.05, 3.63) is 47.6 Å². The molecule has 0 aromatic heterocycles. The molecule has 0 aromatic carbocycles. The highest BCUT2D eigenvalue weighted by Crippen LogP contribution is 2.42. The summed E-state index contributed by atoms with van der Waals surface area (Å²) in [5, 5.41) is 179. The number of hydrogen-bond donors (Lipinski definition) is 16. The van der Waals surface area contributed by atoms with Crippen molar-refractivity contribution in [1.29, 1.82) is 0 Å². The maximum atomic E-state index is 13.7. The highest BCUT2D eigenvalue weighted by molar-refractivity contribution is 5.71. The third-order valence-electron chi connectivity index (χ3n) is 21.2. The van der Waals surface area contributed by atoms with Gasteiger partial charge in [0.1, 0.15) is 12.2 Å². The molecule has 3 aliphatic rings. The van der Waals surface area contributed by atoms with Crippen LogP contribution in [0.25, 0.3) is 0 Å². The third-order valence-corrected chi connectivity index (χ3v) is 21.2. The standard InChI is InChI=1S/C73H133NO21/c1-14-42(2)21-17-23-52-35-45(5)64(86)38-55(77)26-19-29-59(81)47(7)58(80)27-16-15-22-44(4)69(88)49(9)65-40-66(94-72-71(90)68(74(12)13)70(89)51(11)93-72)50(10)73(91,95-65)41-67(87)92-46(6)32-33-56(78)36-53(75)24-18-28-60(82)48(8)61(83)34-31-43(3)63(85)39-57(79)37-54(76)25-20-30-62(52)84/h15-16,22,32-33,35,42-43,46-66,68-72,75-86,88-91H,14,17-21,23-31,34,36-41H2,1-13H3/b16-15-,33-32-,44-22-,45-35-/t42-,43-,46-,47+,48-,49-,50-,51-,52+,53+,54-,55-,56+,57+,58+,59+,60-,61+,62-,63+,64+,65-,66+,68+,69-,70-,71-,72+,73-/m1/s1. The molecule has 0 radical (unpaired) electrons. The number of aliphatic hydroxyl groups excluding tert-OH is 15. The molecule has 2 saturated heterocycles. The van der Waals surface area contributed by atoms with Gasteiger partial charge in [0.05, 0.1) is 116 Å². The van der Waals surface area contributed by atoms with Gasteiger partial charge >= 0.3 is 5.97 Å². The number of allylic oxidation sites excluding steroid dienone is 2. The van der Waals surface area contributed by atoms with E-state index in [1.165, 1.54) is 12.2 Å². The van der Waals surface area contributed by atoms with Crippen LogP contribution in [-0.2, 0) is 23.7 Å². The smallest absolute Gasteiger partial charge is 0.311 e. The Bertz CT molecular complexity index is 2240. The molecule has 0 unspecified atom stereocenters. The van der Waals surface area contributed by atoms with Crippen LogP contribution in [0.5, 0.6) is 0 Å². The summed E-state index contributed by atoms with van der Waals surface area (Å²) in [6, 6.07) is -0.776. The van der Waals surface area contributed by atoms with E-state index in [9.17, 15) is 86.5 Å². The molecule has 95 heavy (non-hydrogen) atoms. The first-order chi connectivity index (χ1) is 44.5. The molecule has 22 nitrogen and oxygen atoms in total. The topological polar surface area (TPSA) is 381 Å². The number of aliphatic hydroxyl groups is 16. The molecular weight excluding hydrogens is 1230 g/mol. The van der Waals surface area contributed by atoms with Crippen LogP contribution in [0.2, 0.25) is 0 Å². The Hall–Kier alpha value is -2.37. The van der Waals surface area contributed by atoms with Crippen LogP contribution in [0.4, 0.5) is 0 Å². The minimum atomic E-state index is -2.25. The van der Waals surface area contributed by atoms with E-state index in [2.05, 4.69) is 13.8 Å². The van der Waals surface area contributed by atoms with E-state index < -0.39 is 170 Å². The summed E-state index contributed by atoms with van der Waals surface area (Å²) in [7, 11) is 3.41. The SMILES string of the molecule is CC[C@@H](C)CCC[C@H]1/C=C(/C)[C@@H](O)C[C@H](O)CCC[C@H](O)[C@@H](C)[C@@H](O)C/C=C\C=C(\C)[C@@H](O)[C@H](C)[C@H]2C[C@H](O[C@@H]3O[C@H](C)[C@@H](O)[C@H](N(C)C)[C@H]3O)[C@@H](C)[C@@](O)(CC(=O)O[C@H](C)/C=C\[C@H](O)C[C@@H](O)CCC[C@@H](O)[C@@H](C)[C@@H](O)CC[C@@H](C)[C@@H](O)C[C@@H](O)C[C@H](O)CCC[C@H]1O)O2. The molecule has 3 aliphatic heterocycles. The summed E-state index contributed by atoms with van der Waals surface area (Å²) in [6.45, 7) is 19.6. The van der Waals surface area contributed by atoms with E-state index in [1.54, 1.807) is 92.6 Å². The highest BCUT2D eigenvalue weighted by Gasteiger charge is 2.53. The summed E-state index contributed by atoms with van der Waals surface area (Å²) in [4.78, 5) is 15.4. The first kappa shape index (κ1) is 86.8. The van der Waals surface area contributed by atoms with Crippen LogP contribution in [0.3, 0.4) is 0 Å². The number of cyclic esters (lactones) is 1. The number of rotatable bonds is 8. The normalized spacial score (nSPS) is 44.3. The van der Waals surface area contributed by atoms with Gasteiger partial charge in [-0.1, -0.05) is 98.1 Å². The number of nitrogens with zero attached hydrogens (tertiary/aromatic N) is 1. The van der Waals surface area contributed by atoms with Crippen LogP contribution >= 0.6 is 0 Å². The zero-order chi connectivity index (χ0) is 71.6. The van der Waals surface area contributed by atoms with Crippen molar-refractivity contribution in [2.45, 2.75) is 352 Å². The van der Waals surface area contributed by atoms with Gasteiger partial charge in [0.25, 0.3) is 0 Å². The van der Waals surface area contributed by atoms with Gasteiger partial charge in [0, 0.05) is 48.9 Å². The van der Waals surface area contributed by atoms with Gasteiger partial charge in [-0.15, -0.1) is 0 Å². The Morgan fingerprint density at radius 2 is 1.20 bits per heavy atom. The summed E-state index contributed by atoms with van der Waals surface area (Å²) >= 11 is 0. The predicted octanol–water partition coefficient (Wildman–Crippen LogP) is 5.53. The van der Waals surface area contributed by atoms with Crippen molar-refractivity contribution in [3.63, 3.8) is 0 Å². The number of hydrogen-bond acceptors (Lipinski definition) is 22. The van der Waals surface area contributed by atoms with E-state index in [0.29, 0.717) is 68.4 Å². The maximum Gasteiger partial charge on any atom is 0.311 e. The van der Waals surface area contributed by atoms with Crippen molar-refractivity contribution in [2.75, 3.05) is 14.1 Å². The second kappa shape index (κ2) is 43.4. The predicted molar refractivity (Wildman–Crippen MR) is 364 cm³/mol. The number of ether oxygens (including phenoxy) is 4. The zero-order valence-electron chi connectivity index (χ0n) is 59.8. The van der Waals surface area contributed by atoms with Crippen LogP contribution < -0.4 is 0 Å². The summed E-state index contributed by atoms with van der Waals surface area (Å²) in [6.07, 6.45) is -3.01. The molecule has 22 heteroatoms. The number of carbonyl (C=O) groups is 1. The van der Waals surface area contributed by atoms with E-state index in [-0.39, 0.29) is 76.0 Å². The van der Waals surface area contributed by atoms with Gasteiger partial charge < -0.3 is 106 Å². The lowest BCUT2D eigenvalue weighted by molar-refractivity contribution is -0.351. The molecule has 29 atom stereocenters. The highest BCUT2D eigenvalue weighted by atomic mass is 16.7. The fourth-order valence-corrected chi connectivity index (χ4v) is 13.5. The van der Waals surface area contributed by atoms with Crippen molar-refractivity contribution in [2.24, 2.45) is 41.4 Å². The number of esters is 1. The lowest BCUT2D eigenvalue weighted by Crippen LogP contribution is -2.64. The fraction of sp³-hybridized carbons (Fsp3) is 0.877. The van der Waals surface area contributed by atoms with Crippen LogP contribution in [0.1, 0.15) is 217 Å². The summed E-state index contributed by atoms with van der Waals surface area (Å²) in [5.41, 5.74) is 1.12. The Morgan fingerprint density at radius 1 is 0.632 bits per heavy atom. The molecular formula is C73H133NO21. The average molecular weight is 1360 g/mol. The Morgan fingerprint density at radius 3 is 1.80 bits per heavy atom. The van der Waals surface area contributed by atoms with Gasteiger partial charge in [-0.05, 0) is 167 Å². The quantitative estimate of drug-likeness (QED) is 0.105. The largest absolute Gasteiger partial charge is 0.458 e. The summed E-state index contributed by atoms with van der Waals surface area (Å²) in [5.74, 6) is -5.99. The minimum absolute atomic E-state index is 0.0118. The molecule has 3 rings (SSSR count). The Kier molecular flexibility index (Phi) is 39.7. The molecule has 0 aromatic rings. The first-order valence-electron chi connectivity index (χ1n) is 36.0. The van der Waals surface area contributed by atoms with Crippen molar-refractivity contribution in [3.8, 4) is 0 Å². The van der Waals surface area contributed by atoms with E-state index >= 15 is 0 Å². The fourth-order valence-electron chi connectivity index (χ4n) is 13.5. The van der Waals surface area contributed by atoms with Crippen LogP contribution in [0.15, 0.2) is 47.6 Å². The van der Waals surface area contributed by atoms with Crippen molar-refractivity contribution >= 4 is 5.97 Å². The van der Waals surface area contributed by atoms with Gasteiger partial charge in [-0.3, -0.25) is 4.79 Å². The molecule has 556 valence electrons. The lowest BCUT2D eigenvalue weighted by Gasteiger charge is -2.50. The Labute approximate surface area is 568 Å². The van der Waals surface area contributed by atoms with Gasteiger partial charge in [0.2, 0.25) is 0 Å². The maximum absolute atomic E-state index is 13.7. The monoisotopic (exact) mass is 1360 g/mol. The Balaban J connectivity index is 1.85. The van der Waals surface area contributed by atoms with Crippen LogP contribution in [-0.4, -0.2) is 241 Å². The minimum Gasteiger partial charge on any atom is -0.458 e. The van der Waals surface area contributed by atoms with E-state index in [4.69, 9.17) is 18.9 Å². The van der Waals surface area contributed by atoms with Gasteiger partial charge in [0.15, 0.2) is 12.1 Å². The zero-order valence-corrected chi connectivity index (χ0v) is 59.8. The molecule has 0 amide bonds. The second-order valence-electron chi connectivity index (χ2n) is 29.6. The molecule has 3 heterocycles. The van der Waals surface area contributed by atoms with Crippen LogP contribution in [0, 0.1) is 41.4 Å². The number of likely N-dealkylation sites (N-methyl/N-ethyl adjacent to an activating group) is 1.